The van der Waals surface area contributed by atoms with Crippen molar-refractivity contribution in [2.45, 2.75) is 19.6 Å². The fourth-order valence-electron chi connectivity index (χ4n) is 1.27. The number of hydrogen-bond donors (Lipinski definition) is 1. The lowest BCUT2D eigenvalue weighted by atomic mass is 10.3. The van der Waals surface area contributed by atoms with Crippen LogP contribution in [0.4, 0.5) is 0 Å². The number of hydrogen-bond acceptors (Lipinski definition) is 3. The van der Waals surface area contributed by atoms with Crippen molar-refractivity contribution < 1.29 is 14.6 Å². The molecule has 1 N–H and O–H groups in total. The zero-order chi connectivity index (χ0) is 10.5. The van der Waals surface area contributed by atoms with Crippen LogP contribution in [0, 0.1) is 7.14 Å². The van der Waals surface area contributed by atoms with Gasteiger partial charge in [0.15, 0.2) is 11.5 Å². The number of fused-ring (bicyclic) bond motifs is 1. The van der Waals surface area contributed by atoms with Crippen LogP contribution in [0.2, 0.25) is 0 Å². The zero-order valence-electron chi connectivity index (χ0n) is 7.60. The third-order valence-corrected chi connectivity index (χ3v) is 3.44. The largest absolute Gasteiger partial charge is 0.503 e. The fraction of sp³-hybridized carbons (Fsp3) is 0.333. The van der Waals surface area contributed by atoms with E-state index in [2.05, 4.69) is 45.2 Å². The molecule has 1 aliphatic rings. The van der Waals surface area contributed by atoms with E-state index in [4.69, 9.17) is 9.47 Å². The van der Waals surface area contributed by atoms with Gasteiger partial charge in [0.1, 0.15) is 0 Å². The predicted octanol–water partition coefficient (Wildman–Crippen LogP) is 3.11. The topological polar surface area (TPSA) is 38.7 Å². The van der Waals surface area contributed by atoms with Crippen LogP contribution in [0.1, 0.15) is 13.8 Å². The van der Waals surface area contributed by atoms with Crippen LogP contribution in [-0.2, 0) is 0 Å². The summed E-state index contributed by atoms with van der Waals surface area (Å²) in [5.74, 6) is 0.552. The number of phenols is 1. The predicted molar refractivity (Wildman–Crippen MR) is 68.9 cm³/mol. The van der Waals surface area contributed by atoms with Gasteiger partial charge in [0.25, 0.3) is 0 Å². The van der Waals surface area contributed by atoms with E-state index in [0.717, 1.165) is 7.14 Å². The average molecular weight is 418 g/mol. The Labute approximate surface area is 109 Å². The zero-order valence-corrected chi connectivity index (χ0v) is 11.9. The van der Waals surface area contributed by atoms with Gasteiger partial charge in [-0.05, 0) is 51.2 Å². The van der Waals surface area contributed by atoms with E-state index in [0.29, 0.717) is 11.5 Å². The van der Waals surface area contributed by atoms with Gasteiger partial charge in [0, 0.05) is 13.8 Å². The van der Waals surface area contributed by atoms with Gasteiger partial charge in [-0.15, -0.1) is 0 Å². The summed E-state index contributed by atoms with van der Waals surface area (Å²) in [5, 5.41) is 9.76. The van der Waals surface area contributed by atoms with E-state index in [9.17, 15) is 5.11 Å². The van der Waals surface area contributed by atoms with Crippen molar-refractivity contribution in [1.82, 2.24) is 0 Å². The van der Waals surface area contributed by atoms with E-state index in [1.807, 2.05) is 19.9 Å². The molecule has 2 rings (SSSR count). The Morgan fingerprint density at radius 3 is 2.36 bits per heavy atom. The highest BCUT2D eigenvalue weighted by Crippen LogP contribution is 2.49. The standard InChI is InChI=1S/C9H8I2O3/c1-9(2)13-7-5(11)3-4(10)6(12)8(7)14-9/h3,12H,1-2H3. The molecule has 0 atom stereocenters. The molecule has 0 saturated carbocycles. The van der Waals surface area contributed by atoms with E-state index in [1.54, 1.807) is 0 Å². The van der Waals surface area contributed by atoms with Gasteiger partial charge in [-0.2, -0.15) is 0 Å². The minimum atomic E-state index is -0.690. The molecule has 1 aliphatic heterocycles. The monoisotopic (exact) mass is 418 g/mol. The van der Waals surface area contributed by atoms with Crippen LogP contribution in [0.15, 0.2) is 6.07 Å². The molecule has 76 valence electrons. The van der Waals surface area contributed by atoms with Crippen molar-refractivity contribution in [3.63, 3.8) is 0 Å². The molecule has 5 heteroatoms. The Kier molecular flexibility index (Phi) is 2.49. The average Bonchev–Trinajstić information content (AvgIpc) is 2.38. The second-order valence-electron chi connectivity index (χ2n) is 3.45. The Morgan fingerprint density at radius 2 is 1.71 bits per heavy atom. The van der Waals surface area contributed by atoms with Crippen molar-refractivity contribution >= 4 is 45.2 Å². The molecule has 0 unspecified atom stereocenters. The highest BCUT2D eigenvalue weighted by atomic mass is 127. The molecule has 0 radical (unpaired) electrons. The maximum atomic E-state index is 9.76. The maximum Gasteiger partial charge on any atom is 0.246 e. The van der Waals surface area contributed by atoms with Crippen molar-refractivity contribution in [3.8, 4) is 17.2 Å². The lowest BCUT2D eigenvalue weighted by Crippen LogP contribution is -2.29. The van der Waals surface area contributed by atoms with Crippen LogP contribution < -0.4 is 9.47 Å². The molecule has 0 spiro atoms. The maximum absolute atomic E-state index is 9.76. The molecule has 0 aliphatic carbocycles. The minimum Gasteiger partial charge on any atom is -0.503 e. The quantitative estimate of drug-likeness (QED) is 0.659. The lowest BCUT2D eigenvalue weighted by Gasteiger charge is -2.16. The van der Waals surface area contributed by atoms with E-state index < -0.39 is 5.79 Å². The molecule has 1 aromatic rings. The minimum absolute atomic E-state index is 0.159. The number of halogens is 2. The smallest absolute Gasteiger partial charge is 0.246 e. The fourth-order valence-corrected chi connectivity index (χ4v) is 3.09. The van der Waals surface area contributed by atoms with Crippen molar-refractivity contribution in [1.29, 1.82) is 0 Å². The normalized spacial score (nSPS) is 17.1. The molecular formula is C9H8I2O3. The molecule has 0 fully saturated rings. The molecule has 3 nitrogen and oxygen atoms in total. The molecular weight excluding hydrogens is 410 g/mol. The summed E-state index contributed by atoms with van der Waals surface area (Å²) in [6.45, 7) is 3.63. The van der Waals surface area contributed by atoms with Crippen LogP contribution >= 0.6 is 45.2 Å². The SMILES string of the molecule is CC1(C)Oc2c(I)cc(I)c(O)c2O1. The first-order valence-electron chi connectivity index (χ1n) is 4.00. The summed E-state index contributed by atoms with van der Waals surface area (Å²) in [6, 6.07) is 1.86. The van der Waals surface area contributed by atoms with Gasteiger partial charge in [0.2, 0.25) is 11.5 Å². The highest BCUT2D eigenvalue weighted by Gasteiger charge is 2.36. The summed E-state index contributed by atoms with van der Waals surface area (Å²) in [5.41, 5.74) is 0. The third kappa shape index (κ3) is 1.64. The van der Waals surface area contributed by atoms with E-state index >= 15 is 0 Å². The summed E-state index contributed by atoms with van der Waals surface area (Å²) in [6.07, 6.45) is 0. The van der Waals surface area contributed by atoms with Gasteiger partial charge in [0.05, 0.1) is 7.14 Å². The Morgan fingerprint density at radius 1 is 1.14 bits per heavy atom. The second-order valence-corrected chi connectivity index (χ2v) is 5.78. The van der Waals surface area contributed by atoms with Gasteiger partial charge in [-0.1, -0.05) is 0 Å². The first-order valence-corrected chi connectivity index (χ1v) is 6.15. The van der Waals surface area contributed by atoms with Gasteiger partial charge >= 0.3 is 0 Å². The third-order valence-electron chi connectivity index (χ3n) is 1.81. The summed E-state index contributed by atoms with van der Waals surface area (Å²) in [7, 11) is 0. The lowest BCUT2D eigenvalue weighted by molar-refractivity contribution is -0.0443. The number of ether oxygens (including phenoxy) is 2. The molecule has 1 aromatic carbocycles. The highest BCUT2D eigenvalue weighted by molar-refractivity contribution is 14.1. The van der Waals surface area contributed by atoms with Crippen molar-refractivity contribution in [2.24, 2.45) is 0 Å². The Balaban J connectivity index is 2.61. The number of rotatable bonds is 0. The molecule has 0 bridgehead atoms. The van der Waals surface area contributed by atoms with Crippen LogP contribution in [0.25, 0.3) is 0 Å². The van der Waals surface area contributed by atoms with Gasteiger partial charge in [-0.25, -0.2) is 0 Å². The Bertz CT molecular complexity index is 402. The molecule has 0 aromatic heterocycles. The second kappa shape index (κ2) is 3.29. The number of aromatic hydroxyl groups is 1. The molecule has 0 saturated heterocycles. The molecule has 0 amide bonds. The number of benzene rings is 1. The van der Waals surface area contributed by atoms with Crippen molar-refractivity contribution in [3.05, 3.63) is 13.2 Å². The van der Waals surface area contributed by atoms with Crippen LogP contribution in [-0.4, -0.2) is 10.9 Å². The van der Waals surface area contributed by atoms with Gasteiger partial charge in [-0.3, -0.25) is 0 Å². The van der Waals surface area contributed by atoms with Crippen LogP contribution in [0.3, 0.4) is 0 Å². The summed E-state index contributed by atoms with van der Waals surface area (Å²) >= 11 is 4.23. The Hall–Kier alpha value is 0.0800. The van der Waals surface area contributed by atoms with E-state index in [1.165, 1.54) is 0 Å². The molecule has 14 heavy (non-hydrogen) atoms. The number of phenolic OH excluding ortho intramolecular Hbond substituents is 1. The summed E-state index contributed by atoms with van der Waals surface area (Å²) in [4.78, 5) is 0. The van der Waals surface area contributed by atoms with Crippen molar-refractivity contribution in [2.75, 3.05) is 0 Å². The first-order chi connectivity index (χ1) is 6.41. The first kappa shape index (κ1) is 10.6. The van der Waals surface area contributed by atoms with E-state index in [-0.39, 0.29) is 5.75 Å². The van der Waals surface area contributed by atoms with Crippen LogP contribution in [0.5, 0.6) is 17.2 Å². The summed E-state index contributed by atoms with van der Waals surface area (Å²) < 4.78 is 12.8. The molecule has 1 heterocycles. The van der Waals surface area contributed by atoms with Gasteiger partial charge < -0.3 is 14.6 Å².